The van der Waals surface area contributed by atoms with Crippen molar-refractivity contribution in [2.75, 3.05) is 18.0 Å². The van der Waals surface area contributed by atoms with Gasteiger partial charge in [-0.25, -0.2) is 4.90 Å². The number of imide groups is 1. The number of piperidine rings is 1. The van der Waals surface area contributed by atoms with Gasteiger partial charge in [0.25, 0.3) is 5.91 Å². The van der Waals surface area contributed by atoms with Crippen molar-refractivity contribution in [3.05, 3.63) is 30.3 Å². The van der Waals surface area contributed by atoms with Crippen LogP contribution in [0.5, 0.6) is 0 Å². The maximum absolute atomic E-state index is 12.7. The lowest BCUT2D eigenvalue weighted by Crippen LogP contribution is -2.46. The minimum Gasteiger partial charge on any atom is -0.292 e. The summed E-state index contributed by atoms with van der Waals surface area (Å²) in [5.41, 5.74) is 0.695. The molecule has 4 heteroatoms. The van der Waals surface area contributed by atoms with Gasteiger partial charge in [-0.3, -0.25) is 14.5 Å². The summed E-state index contributed by atoms with van der Waals surface area (Å²) in [7, 11) is 0. The van der Waals surface area contributed by atoms with E-state index in [0.717, 1.165) is 31.8 Å². The molecule has 4 nitrogen and oxygen atoms in total. The molecule has 1 atom stereocenters. The number of hydrogen-bond donors (Lipinski definition) is 0. The third-order valence-corrected chi connectivity index (χ3v) is 4.92. The fraction of sp³-hybridized carbons (Fsp3) is 0.556. The molecule has 0 spiro atoms. The zero-order valence-electron chi connectivity index (χ0n) is 13.2. The Morgan fingerprint density at radius 2 is 1.77 bits per heavy atom. The highest BCUT2D eigenvalue weighted by Gasteiger charge is 2.43. The highest BCUT2D eigenvalue weighted by Crippen LogP contribution is 2.29. The molecule has 0 aromatic heterocycles. The van der Waals surface area contributed by atoms with Crippen LogP contribution >= 0.6 is 0 Å². The molecule has 2 aliphatic rings. The van der Waals surface area contributed by atoms with Gasteiger partial charge in [0.05, 0.1) is 18.2 Å². The quantitative estimate of drug-likeness (QED) is 0.803. The molecule has 22 heavy (non-hydrogen) atoms. The SMILES string of the molecule is CCCC1CCN([C@@H]2CC(=O)N(c3ccccc3)C2=O)CC1. The highest BCUT2D eigenvalue weighted by molar-refractivity contribution is 6.22. The molecule has 0 unspecified atom stereocenters. The lowest BCUT2D eigenvalue weighted by atomic mass is 9.91. The number of likely N-dealkylation sites (tertiary alicyclic amines) is 1. The van der Waals surface area contributed by atoms with Crippen LogP contribution in [-0.4, -0.2) is 35.8 Å². The second kappa shape index (κ2) is 6.61. The van der Waals surface area contributed by atoms with Crippen molar-refractivity contribution in [1.29, 1.82) is 0 Å². The van der Waals surface area contributed by atoms with Gasteiger partial charge < -0.3 is 0 Å². The minimum atomic E-state index is -0.254. The summed E-state index contributed by atoms with van der Waals surface area (Å²) in [6.07, 6.45) is 5.13. The van der Waals surface area contributed by atoms with Crippen molar-refractivity contribution in [2.24, 2.45) is 5.92 Å². The summed E-state index contributed by atoms with van der Waals surface area (Å²) in [5.74, 6) is 0.667. The first kappa shape index (κ1) is 15.2. The Hall–Kier alpha value is -1.68. The predicted octanol–water partition coefficient (Wildman–Crippen LogP) is 2.83. The first-order valence-electron chi connectivity index (χ1n) is 8.36. The Bertz CT molecular complexity index is 535. The van der Waals surface area contributed by atoms with Crippen LogP contribution < -0.4 is 4.90 Å². The van der Waals surface area contributed by atoms with E-state index in [1.54, 1.807) is 0 Å². The van der Waals surface area contributed by atoms with Crippen LogP contribution in [0.25, 0.3) is 0 Å². The number of amides is 2. The van der Waals surface area contributed by atoms with Gasteiger partial charge in [0.15, 0.2) is 0 Å². The van der Waals surface area contributed by atoms with Crippen molar-refractivity contribution in [3.63, 3.8) is 0 Å². The molecule has 118 valence electrons. The van der Waals surface area contributed by atoms with Crippen LogP contribution in [0.1, 0.15) is 39.0 Å². The molecule has 0 radical (unpaired) electrons. The molecule has 2 saturated heterocycles. The molecular weight excluding hydrogens is 276 g/mol. The summed E-state index contributed by atoms with van der Waals surface area (Å²) in [6.45, 7) is 4.11. The molecule has 0 N–H and O–H groups in total. The largest absolute Gasteiger partial charge is 0.292 e. The summed E-state index contributed by atoms with van der Waals surface area (Å²) in [6, 6.07) is 9.01. The molecule has 2 aliphatic heterocycles. The van der Waals surface area contributed by atoms with Gasteiger partial charge >= 0.3 is 0 Å². The molecule has 0 aliphatic carbocycles. The van der Waals surface area contributed by atoms with E-state index in [4.69, 9.17) is 0 Å². The summed E-state index contributed by atoms with van der Waals surface area (Å²) >= 11 is 0. The number of nitrogens with zero attached hydrogens (tertiary/aromatic N) is 2. The average Bonchev–Trinajstić information content (AvgIpc) is 2.84. The van der Waals surface area contributed by atoms with Crippen molar-refractivity contribution >= 4 is 17.5 Å². The van der Waals surface area contributed by atoms with Crippen LogP contribution in [0.2, 0.25) is 0 Å². The molecular formula is C18H24N2O2. The van der Waals surface area contributed by atoms with E-state index in [1.165, 1.54) is 17.7 Å². The van der Waals surface area contributed by atoms with E-state index in [9.17, 15) is 9.59 Å². The second-order valence-electron chi connectivity index (χ2n) is 6.39. The zero-order chi connectivity index (χ0) is 15.5. The number of para-hydroxylation sites is 1. The Balaban J connectivity index is 1.67. The average molecular weight is 300 g/mol. The molecule has 2 amide bonds. The van der Waals surface area contributed by atoms with Crippen LogP contribution in [0.4, 0.5) is 5.69 Å². The highest BCUT2D eigenvalue weighted by atomic mass is 16.2. The van der Waals surface area contributed by atoms with E-state index in [0.29, 0.717) is 12.1 Å². The standard InChI is InChI=1S/C18H24N2O2/c1-2-6-14-9-11-19(12-10-14)16-13-17(21)20(18(16)22)15-7-4-3-5-8-15/h3-5,7-8,14,16H,2,6,9-13H2,1H3/t16-/m1/s1. The van der Waals surface area contributed by atoms with E-state index in [1.807, 2.05) is 30.3 Å². The van der Waals surface area contributed by atoms with Crippen LogP contribution in [0, 0.1) is 5.92 Å². The van der Waals surface area contributed by atoms with E-state index < -0.39 is 0 Å². The molecule has 0 bridgehead atoms. The van der Waals surface area contributed by atoms with Gasteiger partial charge in [0, 0.05) is 0 Å². The summed E-state index contributed by atoms with van der Waals surface area (Å²) < 4.78 is 0. The molecule has 0 saturated carbocycles. The fourth-order valence-corrected chi connectivity index (χ4v) is 3.71. The fourth-order valence-electron chi connectivity index (χ4n) is 3.71. The van der Waals surface area contributed by atoms with Crippen molar-refractivity contribution < 1.29 is 9.59 Å². The number of rotatable bonds is 4. The lowest BCUT2D eigenvalue weighted by Gasteiger charge is -2.34. The molecule has 3 rings (SSSR count). The monoisotopic (exact) mass is 300 g/mol. The molecule has 2 fully saturated rings. The van der Waals surface area contributed by atoms with E-state index in [2.05, 4.69) is 11.8 Å². The zero-order valence-corrected chi connectivity index (χ0v) is 13.2. The minimum absolute atomic E-state index is 0.0508. The normalized spacial score (nSPS) is 24.2. The molecule has 1 aromatic carbocycles. The number of carbonyl (C=O) groups is 2. The Kier molecular flexibility index (Phi) is 4.57. The first-order valence-corrected chi connectivity index (χ1v) is 8.36. The molecule has 2 heterocycles. The molecule has 1 aromatic rings. The second-order valence-corrected chi connectivity index (χ2v) is 6.39. The maximum atomic E-state index is 12.7. The predicted molar refractivity (Wildman–Crippen MR) is 86.5 cm³/mol. The van der Waals surface area contributed by atoms with Gasteiger partial charge in [-0.05, 0) is 44.0 Å². The van der Waals surface area contributed by atoms with Gasteiger partial charge in [-0.1, -0.05) is 38.0 Å². The van der Waals surface area contributed by atoms with Gasteiger partial charge in [-0.2, -0.15) is 0 Å². The smallest absolute Gasteiger partial charge is 0.251 e. The maximum Gasteiger partial charge on any atom is 0.251 e. The van der Waals surface area contributed by atoms with E-state index in [-0.39, 0.29) is 17.9 Å². The van der Waals surface area contributed by atoms with Gasteiger partial charge in [0.2, 0.25) is 5.91 Å². The number of hydrogen-bond acceptors (Lipinski definition) is 3. The van der Waals surface area contributed by atoms with Crippen LogP contribution in [0.15, 0.2) is 30.3 Å². The van der Waals surface area contributed by atoms with Crippen molar-refractivity contribution in [2.45, 2.75) is 45.1 Å². The summed E-state index contributed by atoms with van der Waals surface area (Å²) in [5, 5.41) is 0. The summed E-state index contributed by atoms with van der Waals surface area (Å²) in [4.78, 5) is 28.6. The topological polar surface area (TPSA) is 40.6 Å². The van der Waals surface area contributed by atoms with Crippen LogP contribution in [-0.2, 0) is 9.59 Å². The first-order chi connectivity index (χ1) is 10.7. The number of benzene rings is 1. The van der Waals surface area contributed by atoms with Crippen molar-refractivity contribution in [1.82, 2.24) is 4.90 Å². The van der Waals surface area contributed by atoms with Crippen LogP contribution in [0.3, 0.4) is 0 Å². The Morgan fingerprint density at radius 1 is 1.09 bits per heavy atom. The Morgan fingerprint density at radius 3 is 2.41 bits per heavy atom. The van der Waals surface area contributed by atoms with Gasteiger partial charge in [-0.15, -0.1) is 0 Å². The van der Waals surface area contributed by atoms with Gasteiger partial charge in [0.1, 0.15) is 0 Å². The van der Waals surface area contributed by atoms with E-state index >= 15 is 0 Å². The third kappa shape index (κ3) is 2.93. The Labute approximate surface area is 132 Å². The third-order valence-electron chi connectivity index (χ3n) is 4.92. The lowest BCUT2D eigenvalue weighted by molar-refractivity contribution is -0.123. The van der Waals surface area contributed by atoms with Crippen molar-refractivity contribution in [3.8, 4) is 0 Å². The number of anilines is 1. The number of carbonyl (C=O) groups excluding carboxylic acids is 2.